The molecular weight excluding hydrogens is 382 g/mol. The smallest absolute Gasteiger partial charge is 0.267 e. The van der Waals surface area contributed by atoms with E-state index in [2.05, 4.69) is 5.32 Å². The molecule has 1 aliphatic rings. The summed E-state index contributed by atoms with van der Waals surface area (Å²) in [6.07, 6.45) is 1.66. The Bertz CT molecular complexity index is 957. The molecule has 0 spiro atoms. The maximum absolute atomic E-state index is 12.7. The van der Waals surface area contributed by atoms with E-state index in [1.54, 1.807) is 11.4 Å². The molecule has 1 N–H and O–H groups in total. The lowest BCUT2D eigenvalue weighted by Gasteiger charge is -2.15. The molecule has 130 valence electrons. The van der Waals surface area contributed by atoms with Gasteiger partial charge in [0.2, 0.25) is 10.0 Å². The molecule has 1 aromatic heterocycles. The lowest BCUT2D eigenvalue weighted by molar-refractivity contribution is 0.102. The van der Waals surface area contributed by atoms with Crippen LogP contribution < -0.4 is 5.32 Å². The van der Waals surface area contributed by atoms with Crippen molar-refractivity contribution in [3.8, 4) is 6.07 Å². The molecule has 0 aliphatic carbocycles. The van der Waals surface area contributed by atoms with Crippen LogP contribution in [0, 0.1) is 11.3 Å². The Hall–Kier alpha value is -1.92. The first kappa shape index (κ1) is 17.9. The Morgan fingerprint density at radius 1 is 1.28 bits per heavy atom. The number of halogens is 1. The Balaban J connectivity index is 1.86. The molecule has 1 saturated heterocycles. The van der Waals surface area contributed by atoms with Crippen LogP contribution in [0.15, 0.2) is 34.5 Å². The van der Waals surface area contributed by atoms with Crippen molar-refractivity contribution < 1.29 is 13.2 Å². The first-order chi connectivity index (χ1) is 11.9. The average Bonchev–Trinajstić information content (AvgIpc) is 3.27. The molecule has 0 unspecified atom stereocenters. The second-order valence-electron chi connectivity index (χ2n) is 5.49. The molecular formula is C16H14ClN3O3S2. The van der Waals surface area contributed by atoms with Crippen LogP contribution in [-0.4, -0.2) is 31.7 Å². The lowest BCUT2D eigenvalue weighted by atomic mass is 10.2. The first-order valence-corrected chi connectivity index (χ1v) is 10.2. The van der Waals surface area contributed by atoms with E-state index >= 15 is 0 Å². The number of carbonyl (C=O) groups excluding carboxylic acids is 1. The molecule has 0 atom stereocenters. The van der Waals surface area contributed by atoms with E-state index in [1.165, 1.54) is 22.5 Å². The number of carbonyl (C=O) groups is 1. The van der Waals surface area contributed by atoms with Gasteiger partial charge in [0.15, 0.2) is 0 Å². The molecule has 1 amide bonds. The summed E-state index contributed by atoms with van der Waals surface area (Å²) < 4.78 is 26.8. The van der Waals surface area contributed by atoms with Gasteiger partial charge in [-0.15, -0.1) is 11.3 Å². The number of nitrogens with one attached hydrogen (secondary N) is 1. The number of nitrogens with zero attached hydrogens (tertiary/aromatic N) is 2. The topological polar surface area (TPSA) is 90.3 Å². The van der Waals surface area contributed by atoms with Crippen molar-refractivity contribution in [3.05, 3.63) is 45.1 Å². The van der Waals surface area contributed by atoms with Crippen molar-refractivity contribution in [2.24, 2.45) is 0 Å². The molecule has 6 nitrogen and oxygen atoms in total. The van der Waals surface area contributed by atoms with Gasteiger partial charge in [-0.25, -0.2) is 8.42 Å². The number of hydrogen-bond acceptors (Lipinski definition) is 5. The molecule has 0 radical (unpaired) electrons. The van der Waals surface area contributed by atoms with Crippen molar-refractivity contribution >= 4 is 44.6 Å². The normalized spacial score (nSPS) is 15.0. The van der Waals surface area contributed by atoms with Crippen LogP contribution >= 0.6 is 22.9 Å². The third-order valence-corrected chi connectivity index (χ3v) is 7.16. The minimum absolute atomic E-state index is 0.0247. The zero-order valence-corrected chi connectivity index (χ0v) is 15.4. The van der Waals surface area contributed by atoms with E-state index in [-0.39, 0.29) is 14.8 Å². The molecule has 0 bridgehead atoms. The van der Waals surface area contributed by atoms with Crippen molar-refractivity contribution in [2.75, 3.05) is 18.4 Å². The van der Waals surface area contributed by atoms with Gasteiger partial charge in [-0.05, 0) is 42.5 Å². The predicted molar refractivity (Wildman–Crippen MR) is 96.4 cm³/mol. The number of sulfonamides is 1. The Morgan fingerprint density at radius 2 is 2.00 bits per heavy atom. The van der Waals surface area contributed by atoms with E-state index in [0.29, 0.717) is 24.3 Å². The van der Waals surface area contributed by atoms with Gasteiger partial charge in [0.25, 0.3) is 5.91 Å². The number of hydrogen-bond donors (Lipinski definition) is 1. The van der Waals surface area contributed by atoms with Gasteiger partial charge in [-0.1, -0.05) is 11.6 Å². The summed E-state index contributed by atoms with van der Waals surface area (Å²) >= 11 is 7.03. The molecule has 2 heterocycles. The van der Waals surface area contributed by atoms with Crippen molar-refractivity contribution in [3.63, 3.8) is 0 Å². The van der Waals surface area contributed by atoms with Crippen LogP contribution in [0.1, 0.15) is 28.1 Å². The summed E-state index contributed by atoms with van der Waals surface area (Å²) in [6, 6.07) is 7.89. The fourth-order valence-electron chi connectivity index (χ4n) is 2.61. The zero-order chi connectivity index (χ0) is 18.0. The largest absolute Gasteiger partial charge is 0.321 e. The first-order valence-electron chi connectivity index (χ1n) is 7.52. The van der Waals surface area contributed by atoms with Crippen LogP contribution in [0.2, 0.25) is 5.02 Å². The van der Waals surface area contributed by atoms with Gasteiger partial charge in [-0.3, -0.25) is 4.79 Å². The minimum Gasteiger partial charge on any atom is -0.321 e. The number of rotatable bonds is 4. The third kappa shape index (κ3) is 3.55. The Morgan fingerprint density at radius 3 is 2.64 bits per heavy atom. The second kappa shape index (κ2) is 7.14. The summed E-state index contributed by atoms with van der Waals surface area (Å²) in [5, 5.41) is 13.3. The maximum Gasteiger partial charge on any atom is 0.267 e. The molecule has 1 aromatic carbocycles. The van der Waals surface area contributed by atoms with Crippen molar-refractivity contribution in [2.45, 2.75) is 17.7 Å². The van der Waals surface area contributed by atoms with E-state index < -0.39 is 15.9 Å². The van der Waals surface area contributed by atoms with Gasteiger partial charge >= 0.3 is 0 Å². The lowest BCUT2D eigenvalue weighted by Crippen LogP contribution is -2.29. The van der Waals surface area contributed by atoms with Crippen LogP contribution in [0.5, 0.6) is 0 Å². The highest BCUT2D eigenvalue weighted by atomic mass is 35.5. The SMILES string of the molecule is N#Cc1ccc(NC(=O)c2sccc2S(=O)(=O)N2CCCC2)cc1Cl. The molecule has 0 saturated carbocycles. The number of anilines is 1. The summed E-state index contributed by atoms with van der Waals surface area (Å²) in [5.74, 6) is -0.520. The molecule has 1 fully saturated rings. The molecule has 2 aromatic rings. The Kier molecular flexibility index (Phi) is 5.11. The van der Waals surface area contributed by atoms with E-state index in [4.69, 9.17) is 16.9 Å². The molecule has 9 heteroatoms. The second-order valence-corrected chi connectivity index (χ2v) is 8.72. The van der Waals surface area contributed by atoms with E-state index in [9.17, 15) is 13.2 Å². The van der Waals surface area contributed by atoms with Gasteiger partial charge in [-0.2, -0.15) is 9.57 Å². The van der Waals surface area contributed by atoms with Crippen LogP contribution in [-0.2, 0) is 10.0 Å². The van der Waals surface area contributed by atoms with Crippen molar-refractivity contribution in [1.29, 1.82) is 5.26 Å². The standard InChI is InChI=1S/C16H14ClN3O3S2/c17-13-9-12(4-3-11(13)10-18)19-16(21)15-14(5-8-24-15)25(22,23)20-6-1-2-7-20/h3-5,8-9H,1-2,6-7H2,(H,19,21). The molecule has 25 heavy (non-hydrogen) atoms. The van der Waals surface area contributed by atoms with Crippen LogP contribution in [0.25, 0.3) is 0 Å². The highest BCUT2D eigenvalue weighted by molar-refractivity contribution is 7.89. The van der Waals surface area contributed by atoms with E-state index in [1.807, 2.05) is 6.07 Å². The van der Waals surface area contributed by atoms with Gasteiger partial charge in [0.05, 0.1) is 10.6 Å². The quantitative estimate of drug-likeness (QED) is 0.859. The van der Waals surface area contributed by atoms with E-state index in [0.717, 1.165) is 24.2 Å². The van der Waals surface area contributed by atoms with Crippen LogP contribution in [0.3, 0.4) is 0 Å². The van der Waals surface area contributed by atoms with Crippen LogP contribution in [0.4, 0.5) is 5.69 Å². The van der Waals surface area contributed by atoms with Gasteiger partial charge in [0.1, 0.15) is 15.8 Å². The highest BCUT2D eigenvalue weighted by Crippen LogP contribution is 2.29. The monoisotopic (exact) mass is 395 g/mol. The molecule has 3 rings (SSSR count). The minimum atomic E-state index is -3.67. The third-order valence-electron chi connectivity index (χ3n) is 3.87. The summed E-state index contributed by atoms with van der Waals surface area (Å²) in [4.78, 5) is 12.7. The number of thiophene rings is 1. The predicted octanol–water partition coefficient (Wildman–Crippen LogP) is 3.31. The van der Waals surface area contributed by atoms with Gasteiger partial charge < -0.3 is 5.32 Å². The zero-order valence-electron chi connectivity index (χ0n) is 13.0. The molecule has 1 aliphatic heterocycles. The summed E-state index contributed by atoms with van der Waals surface area (Å²) in [5.41, 5.74) is 0.694. The van der Waals surface area contributed by atoms with Crippen molar-refractivity contribution in [1.82, 2.24) is 4.31 Å². The number of nitriles is 1. The van der Waals surface area contributed by atoms with Gasteiger partial charge in [0, 0.05) is 18.8 Å². The number of amides is 1. The summed E-state index contributed by atoms with van der Waals surface area (Å²) in [6.45, 7) is 0.953. The maximum atomic E-state index is 12.7. The average molecular weight is 396 g/mol. The number of benzene rings is 1. The Labute approximate surface area is 154 Å². The fraction of sp³-hybridized carbons (Fsp3) is 0.250. The fourth-order valence-corrected chi connectivity index (χ4v) is 5.64. The highest BCUT2D eigenvalue weighted by Gasteiger charge is 2.31. The summed E-state index contributed by atoms with van der Waals surface area (Å²) in [7, 11) is -3.67.